The molecule has 0 aliphatic carbocycles. The van der Waals surface area contributed by atoms with Crippen LogP contribution in [0, 0.1) is 12.7 Å². The quantitative estimate of drug-likeness (QED) is 0.659. The van der Waals surface area contributed by atoms with E-state index in [1.807, 2.05) is 0 Å². The van der Waals surface area contributed by atoms with Crippen LogP contribution in [0.2, 0.25) is 0 Å². The van der Waals surface area contributed by atoms with E-state index in [1.165, 1.54) is 35.0 Å². The van der Waals surface area contributed by atoms with E-state index in [9.17, 15) is 18.8 Å². The highest BCUT2D eigenvalue weighted by molar-refractivity contribution is 6.02. The number of nitrogens with one attached hydrogen (secondary N) is 1. The Balaban J connectivity index is 1.89. The highest BCUT2D eigenvalue weighted by Crippen LogP contribution is 2.18. The largest absolute Gasteiger partial charge is 0.484 e. The van der Waals surface area contributed by atoms with Crippen molar-refractivity contribution >= 4 is 17.5 Å². The number of primary amides is 1. The number of aryl methyl sites for hydroxylation is 1. The number of ether oxygens (including phenoxy) is 1. The molecule has 29 heavy (non-hydrogen) atoms. The maximum atomic E-state index is 14.1. The molecule has 0 aliphatic rings. The number of amides is 2. The molecular formula is C20H17FN4O4. The number of halogens is 1. The monoisotopic (exact) mass is 396 g/mol. The maximum absolute atomic E-state index is 14.1. The van der Waals surface area contributed by atoms with Gasteiger partial charge in [0.1, 0.15) is 17.3 Å². The molecule has 0 aliphatic heterocycles. The fourth-order valence-corrected chi connectivity index (χ4v) is 2.58. The van der Waals surface area contributed by atoms with E-state index in [1.54, 1.807) is 31.2 Å². The molecule has 3 rings (SSSR count). The second-order valence-corrected chi connectivity index (χ2v) is 6.10. The van der Waals surface area contributed by atoms with Crippen LogP contribution in [0.1, 0.15) is 16.2 Å². The van der Waals surface area contributed by atoms with Crippen molar-refractivity contribution in [3.8, 4) is 11.4 Å². The molecule has 0 atom stereocenters. The zero-order valence-electron chi connectivity index (χ0n) is 15.4. The van der Waals surface area contributed by atoms with E-state index < -0.39 is 28.8 Å². The van der Waals surface area contributed by atoms with E-state index >= 15 is 0 Å². The van der Waals surface area contributed by atoms with E-state index in [-0.39, 0.29) is 12.3 Å². The van der Waals surface area contributed by atoms with Gasteiger partial charge in [-0.25, -0.2) is 9.07 Å². The Bertz CT molecular complexity index is 1140. The number of para-hydroxylation sites is 1. The second-order valence-electron chi connectivity index (χ2n) is 6.10. The maximum Gasteiger partial charge on any atom is 0.280 e. The molecule has 0 saturated carbocycles. The molecule has 0 spiro atoms. The number of nitrogens with two attached hydrogens (primary N) is 1. The van der Waals surface area contributed by atoms with Gasteiger partial charge in [-0.2, -0.15) is 5.10 Å². The highest BCUT2D eigenvalue weighted by Gasteiger charge is 2.17. The van der Waals surface area contributed by atoms with Crippen LogP contribution in [0.15, 0.2) is 59.4 Å². The SMILES string of the molecule is Cc1cc(=O)c(C(=O)Nc2cccc(OCC(N)=O)c2)nn1-c1ccccc1F. The Morgan fingerprint density at radius 1 is 1.17 bits per heavy atom. The molecular weight excluding hydrogens is 379 g/mol. The fraction of sp³-hybridized carbons (Fsp3) is 0.100. The van der Waals surface area contributed by atoms with Gasteiger partial charge in [0.15, 0.2) is 12.3 Å². The first kappa shape index (κ1) is 19.7. The van der Waals surface area contributed by atoms with Crippen LogP contribution in [0.3, 0.4) is 0 Å². The number of hydrogen-bond acceptors (Lipinski definition) is 5. The first-order chi connectivity index (χ1) is 13.8. The van der Waals surface area contributed by atoms with E-state index in [0.29, 0.717) is 17.1 Å². The summed E-state index contributed by atoms with van der Waals surface area (Å²) in [6.07, 6.45) is 0. The zero-order chi connectivity index (χ0) is 21.0. The lowest BCUT2D eigenvalue weighted by molar-refractivity contribution is -0.119. The molecule has 9 heteroatoms. The van der Waals surface area contributed by atoms with Crippen molar-refractivity contribution < 1.29 is 18.7 Å². The molecule has 0 fully saturated rings. The van der Waals surface area contributed by atoms with E-state index in [2.05, 4.69) is 10.4 Å². The van der Waals surface area contributed by atoms with Crippen molar-refractivity contribution in [3.63, 3.8) is 0 Å². The molecule has 0 bridgehead atoms. The first-order valence-electron chi connectivity index (χ1n) is 8.53. The lowest BCUT2D eigenvalue weighted by Crippen LogP contribution is -2.27. The molecule has 2 aromatic carbocycles. The molecule has 0 radical (unpaired) electrons. The summed E-state index contributed by atoms with van der Waals surface area (Å²) < 4.78 is 20.5. The Morgan fingerprint density at radius 3 is 2.66 bits per heavy atom. The van der Waals surface area contributed by atoms with Gasteiger partial charge >= 0.3 is 0 Å². The van der Waals surface area contributed by atoms with Crippen molar-refractivity contribution in [2.75, 3.05) is 11.9 Å². The smallest absolute Gasteiger partial charge is 0.280 e. The van der Waals surface area contributed by atoms with Crippen LogP contribution in [-0.2, 0) is 4.79 Å². The van der Waals surface area contributed by atoms with Gasteiger partial charge in [0.05, 0.1) is 0 Å². The van der Waals surface area contributed by atoms with Crippen molar-refractivity contribution in [1.29, 1.82) is 0 Å². The number of hydrogen-bond donors (Lipinski definition) is 2. The molecule has 148 valence electrons. The molecule has 1 heterocycles. The third-order valence-electron chi connectivity index (χ3n) is 3.88. The van der Waals surface area contributed by atoms with E-state index in [0.717, 1.165) is 0 Å². The van der Waals surface area contributed by atoms with Crippen LogP contribution >= 0.6 is 0 Å². The summed E-state index contributed by atoms with van der Waals surface area (Å²) >= 11 is 0. The molecule has 0 unspecified atom stereocenters. The van der Waals surface area contributed by atoms with Gasteiger partial charge in [-0.1, -0.05) is 18.2 Å². The molecule has 1 aromatic heterocycles. The third-order valence-corrected chi connectivity index (χ3v) is 3.88. The highest BCUT2D eigenvalue weighted by atomic mass is 19.1. The summed E-state index contributed by atoms with van der Waals surface area (Å²) in [5, 5.41) is 6.58. The lowest BCUT2D eigenvalue weighted by Gasteiger charge is -2.12. The lowest BCUT2D eigenvalue weighted by atomic mass is 10.2. The number of aromatic nitrogens is 2. The van der Waals surface area contributed by atoms with Gasteiger partial charge in [-0.05, 0) is 31.2 Å². The molecule has 3 aromatic rings. The van der Waals surface area contributed by atoms with Crippen molar-refractivity contribution in [1.82, 2.24) is 9.78 Å². The summed E-state index contributed by atoms with van der Waals surface area (Å²) in [7, 11) is 0. The van der Waals surface area contributed by atoms with Crippen molar-refractivity contribution in [2.45, 2.75) is 6.92 Å². The number of rotatable bonds is 6. The Hall–Kier alpha value is -4.01. The number of benzene rings is 2. The standard InChI is InChI=1S/C20H17FN4O4/c1-12-9-17(26)19(24-25(12)16-8-3-2-7-15(16)21)20(28)23-13-5-4-6-14(10-13)29-11-18(22)27/h2-10H,11H2,1H3,(H2,22,27)(H,23,28). The van der Waals surface area contributed by atoms with Gasteiger partial charge in [0, 0.05) is 23.5 Å². The molecule has 2 amide bonds. The zero-order valence-corrected chi connectivity index (χ0v) is 15.4. The predicted octanol–water partition coefficient (Wildman–Crippen LogP) is 1.80. The number of nitrogens with zero attached hydrogens (tertiary/aromatic N) is 2. The van der Waals surface area contributed by atoms with Crippen LogP contribution < -0.4 is 21.2 Å². The van der Waals surface area contributed by atoms with Gasteiger partial charge in [0.2, 0.25) is 5.43 Å². The Kier molecular flexibility index (Phi) is 5.68. The minimum atomic E-state index is -0.771. The topological polar surface area (TPSA) is 116 Å². The van der Waals surface area contributed by atoms with Gasteiger partial charge in [0.25, 0.3) is 11.8 Å². The Labute approximate surface area is 164 Å². The van der Waals surface area contributed by atoms with E-state index in [4.69, 9.17) is 10.5 Å². The van der Waals surface area contributed by atoms with Crippen molar-refractivity contribution in [3.05, 3.63) is 82.0 Å². The summed E-state index contributed by atoms with van der Waals surface area (Å²) in [5.74, 6) is -1.65. The van der Waals surface area contributed by atoms with Crippen LogP contribution in [0.25, 0.3) is 5.69 Å². The van der Waals surface area contributed by atoms with Crippen LogP contribution in [0.5, 0.6) is 5.75 Å². The molecule has 3 N–H and O–H groups in total. The molecule has 0 saturated heterocycles. The minimum Gasteiger partial charge on any atom is -0.484 e. The van der Waals surface area contributed by atoms with Crippen molar-refractivity contribution in [2.24, 2.45) is 5.73 Å². The minimum absolute atomic E-state index is 0.112. The number of carbonyl (C=O) groups excluding carboxylic acids is 2. The molecule has 8 nitrogen and oxygen atoms in total. The second kappa shape index (κ2) is 8.34. The average Bonchev–Trinajstić information content (AvgIpc) is 2.67. The van der Waals surface area contributed by atoms with Gasteiger partial charge < -0.3 is 15.8 Å². The number of anilines is 1. The summed E-state index contributed by atoms with van der Waals surface area (Å²) in [6.45, 7) is 1.27. The van der Waals surface area contributed by atoms with Gasteiger partial charge in [-0.15, -0.1) is 0 Å². The number of carbonyl (C=O) groups is 2. The van der Waals surface area contributed by atoms with Gasteiger partial charge in [-0.3, -0.25) is 14.4 Å². The van der Waals surface area contributed by atoms with Crippen LogP contribution in [0.4, 0.5) is 10.1 Å². The average molecular weight is 396 g/mol. The fourth-order valence-electron chi connectivity index (χ4n) is 2.58. The first-order valence-corrected chi connectivity index (χ1v) is 8.53. The normalized spacial score (nSPS) is 10.4. The predicted molar refractivity (Wildman–Crippen MR) is 104 cm³/mol. The summed E-state index contributed by atoms with van der Waals surface area (Å²) in [5.41, 5.74) is 4.83. The van der Waals surface area contributed by atoms with Crippen LogP contribution in [-0.4, -0.2) is 28.2 Å². The third kappa shape index (κ3) is 4.64. The summed E-state index contributed by atoms with van der Waals surface area (Å²) in [4.78, 5) is 35.7. The Morgan fingerprint density at radius 2 is 1.93 bits per heavy atom. The summed E-state index contributed by atoms with van der Waals surface area (Å²) in [6, 6.07) is 13.3.